The first-order chi connectivity index (χ1) is 10.2. The lowest BCUT2D eigenvalue weighted by Crippen LogP contribution is -1.95. The summed E-state index contributed by atoms with van der Waals surface area (Å²) in [6.07, 6.45) is 1.93. The van der Waals surface area contributed by atoms with E-state index in [4.69, 9.17) is 5.73 Å². The molecule has 21 heavy (non-hydrogen) atoms. The zero-order chi connectivity index (χ0) is 14.4. The van der Waals surface area contributed by atoms with Crippen molar-refractivity contribution in [2.24, 2.45) is 0 Å². The number of pyridine rings is 2. The molecule has 0 fully saturated rings. The van der Waals surface area contributed by atoms with Gasteiger partial charge in [-0.15, -0.1) is 0 Å². The van der Waals surface area contributed by atoms with Crippen LogP contribution in [0, 0.1) is 6.92 Å². The van der Waals surface area contributed by atoms with E-state index < -0.39 is 0 Å². The number of aromatic nitrogens is 3. The number of rotatable bonds is 1. The van der Waals surface area contributed by atoms with Crippen LogP contribution in [0.4, 0.5) is 5.82 Å². The second-order valence-corrected chi connectivity index (χ2v) is 5.12. The van der Waals surface area contributed by atoms with Gasteiger partial charge in [-0.05, 0) is 30.7 Å². The monoisotopic (exact) mass is 274 g/mol. The van der Waals surface area contributed by atoms with E-state index in [9.17, 15) is 0 Å². The predicted octanol–water partition coefficient (Wildman–Crippen LogP) is 3.44. The van der Waals surface area contributed by atoms with Crippen LogP contribution in [-0.2, 0) is 0 Å². The quantitative estimate of drug-likeness (QED) is 0.578. The molecular weight excluding hydrogens is 260 g/mol. The molecule has 0 aliphatic carbocycles. The number of nitrogens with two attached hydrogens (primary N) is 1. The van der Waals surface area contributed by atoms with E-state index in [0.29, 0.717) is 5.82 Å². The van der Waals surface area contributed by atoms with Crippen molar-refractivity contribution in [3.05, 3.63) is 60.3 Å². The van der Waals surface area contributed by atoms with E-state index in [1.54, 1.807) is 0 Å². The zero-order valence-corrected chi connectivity index (χ0v) is 11.6. The Labute approximate surface area is 121 Å². The van der Waals surface area contributed by atoms with Crippen molar-refractivity contribution in [2.75, 3.05) is 5.73 Å². The minimum absolute atomic E-state index is 0.622. The molecule has 0 spiro atoms. The number of anilines is 1. The van der Waals surface area contributed by atoms with E-state index in [0.717, 1.165) is 33.5 Å². The van der Waals surface area contributed by atoms with Crippen LogP contribution in [0.25, 0.3) is 27.9 Å². The summed E-state index contributed by atoms with van der Waals surface area (Å²) in [5, 5.41) is 1.11. The molecule has 0 unspecified atom stereocenters. The maximum Gasteiger partial charge on any atom is 0.142 e. The number of nitrogens with zero attached hydrogens (tertiary/aromatic N) is 3. The number of hydrogen-bond donors (Lipinski definition) is 1. The van der Waals surface area contributed by atoms with Crippen LogP contribution < -0.4 is 5.73 Å². The lowest BCUT2D eigenvalue weighted by molar-refractivity contribution is 1.17. The first kappa shape index (κ1) is 11.9. The van der Waals surface area contributed by atoms with Crippen molar-refractivity contribution >= 4 is 22.4 Å². The zero-order valence-electron chi connectivity index (χ0n) is 11.6. The third-order valence-corrected chi connectivity index (χ3v) is 3.72. The number of imidazole rings is 1. The molecule has 0 radical (unpaired) electrons. The molecule has 0 bridgehead atoms. The van der Waals surface area contributed by atoms with Gasteiger partial charge in [-0.25, -0.2) is 9.97 Å². The Balaban J connectivity index is 1.99. The SMILES string of the molecule is Cc1cccn2c(N)c(-c3ccc4ccccc4n3)nc12. The van der Waals surface area contributed by atoms with Crippen LogP contribution in [0.3, 0.4) is 0 Å². The highest BCUT2D eigenvalue weighted by molar-refractivity contribution is 5.83. The van der Waals surface area contributed by atoms with Gasteiger partial charge in [0, 0.05) is 11.6 Å². The predicted molar refractivity (Wildman–Crippen MR) is 85.1 cm³/mol. The summed E-state index contributed by atoms with van der Waals surface area (Å²) in [5.74, 6) is 0.622. The molecule has 4 nitrogen and oxygen atoms in total. The molecule has 4 aromatic rings. The summed E-state index contributed by atoms with van der Waals surface area (Å²) in [5.41, 5.74) is 10.7. The molecule has 4 rings (SSSR count). The van der Waals surface area contributed by atoms with Crippen LogP contribution in [0.1, 0.15) is 5.56 Å². The van der Waals surface area contributed by atoms with Gasteiger partial charge in [0.1, 0.15) is 17.2 Å². The maximum absolute atomic E-state index is 6.24. The number of para-hydroxylation sites is 1. The van der Waals surface area contributed by atoms with Gasteiger partial charge in [-0.3, -0.25) is 4.40 Å². The van der Waals surface area contributed by atoms with Crippen molar-refractivity contribution in [3.8, 4) is 11.4 Å². The number of aryl methyl sites for hydroxylation is 1. The summed E-state index contributed by atoms with van der Waals surface area (Å²) in [6, 6.07) is 16.0. The maximum atomic E-state index is 6.24. The molecule has 0 amide bonds. The molecule has 0 saturated carbocycles. The van der Waals surface area contributed by atoms with Crippen molar-refractivity contribution < 1.29 is 0 Å². The fraction of sp³-hybridized carbons (Fsp3) is 0.0588. The van der Waals surface area contributed by atoms with E-state index in [1.165, 1.54) is 0 Å². The molecule has 3 aromatic heterocycles. The van der Waals surface area contributed by atoms with Crippen molar-refractivity contribution in [1.29, 1.82) is 0 Å². The van der Waals surface area contributed by atoms with Crippen molar-refractivity contribution in [2.45, 2.75) is 6.92 Å². The summed E-state index contributed by atoms with van der Waals surface area (Å²) in [6.45, 7) is 2.03. The van der Waals surface area contributed by atoms with Gasteiger partial charge in [-0.2, -0.15) is 0 Å². The van der Waals surface area contributed by atoms with Gasteiger partial charge in [0.15, 0.2) is 0 Å². The van der Waals surface area contributed by atoms with Crippen LogP contribution in [0.5, 0.6) is 0 Å². The second-order valence-electron chi connectivity index (χ2n) is 5.12. The third kappa shape index (κ3) is 1.76. The normalized spacial score (nSPS) is 11.3. The summed E-state index contributed by atoms with van der Waals surface area (Å²) in [7, 11) is 0. The smallest absolute Gasteiger partial charge is 0.142 e. The second kappa shape index (κ2) is 4.31. The number of nitrogen functional groups attached to an aromatic ring is 1. The molecule has 0 saturated heterocycles. The highest BCUT2D eigenvalue weighted by Gasteiger charge is 2.13. The molecule has 102 valence electrons. The Morgan fingerprint density at radius 2 is 1.81 bits per heavy atom. The highest BCUT2D eigenvalue weighted by Crippen LogP contribution is 2.27. The Bertz CT molecular complexity index is 969. The largest absolute Gasteiger partial charge is 0.383 e. The topological polar surface area (TPSA) is 56.2 Å². The van der Waals surface area contributed by atoms with Gasteiger partial charge in [0.2, 0.25) is 0 Å². The Morgan fingerprint density at radius 1 is 0.952 bits per heavy atom. The van der Waals surface area contributed by atoms with E-state index in [-0.39, 0.29) is 0 Å². The first-order valence-corrected chi connectivity index (χ1v) is 6.83. The van der Waals surface area contributed by atoms with Crippen LogP contribution >= 0.6 is 0 Å². The van der Waals surface area contributed by atoms with Crippen molar-refractivity contribution in [1.82, 2.24) is 14.4 Å². The average Bonchev–Trinajstić information content (AvgIpc) is 2.86. The molecule has 0 aliphatic rings. The van der Waals surface area contributed by atoms with Crippen LogP contribution in [-0.4, -0.2) is 14.4 Å². The van der Waals surface area contributed by atoms with Gasteiger partial charge < -0.3 is 5.73 Å². The summed E-state index contributed by atoms with van der Waals surface area (Å²) < 4.78 is 1.90. The van der Waals surface area contributed by atoms with E-state index in [1.807, 2.05) is 66.1 Å². The molecular formula is C17H14N4. The third-order valence-electron chi connectivity index (χ3n) is 3.72. The van der Waals surface area contributed by atoms with Crippen LogP contribution in [0.2, 0.25) is 0 Å². The van der Waals surface area contributed by atoms with E-state index >= 15 is 0 Å². The molecule has 3 heterocycles. The van der Waals surface area contributed by atoms with E-state index in [2.05, 4.69) is 9.97 Å². The summed E-state index contributed by atoms with van der Waals surface area (Å²) in [4.78, 5) is 9.34. The first-order valence-electron chi connectivity index (χ1n) is 6.83. The molecule has 1 aromatic carbocycles. The minimum atomic E-state index is 0.622. The Morgan fingerprint density at radius 3 is 2.67 bits per heavy atom. The lowest BCUT2D eigenvalue weighted by atomic mass is 10.2. The highest BCUT2D eigenvalue weighted by atomic mass is 15.1. The fourth-order valence-corrected chi connectivity index (χ4v) is 2.61. The van der Waals surface area contributed by atoms with Gasteiger partial charge in [0.05, 0.1) is 11.2 Å². The van der Waals surface area contributed by atoms with Gasteiger partial charge in [0.25, 0.3) is 0 Å². The van der Waals surface area contributed by atoms with Crippen LogP contribution in [0.15, 0.2) is 54.7 Å². The standard InChI is InChI=1S/C17H14N4/c1-11-5-4-10-21-16(18)15(20-17(11)21)14-9-8-12-6-2-3-7-13(12)19-14/h2-10H,18H2,1H3. The average molecular weight is 274 g/mol. The summed E-state index contributed by atoms with van der Waals surface area (Å²) >= 11 is 0. The lowest BCUT2D eigenvalue weighted by Gasteiger charge is -2.01. The van der Waals surface area contributed by atoms with Gasteiger partial charge in [-0.1, -0.05) is 30.3 Å². The number of hydrogen-bond acceptors (Lipinski definition) is 3. The minimum Gasteiger partial charge on any atom is -0.383 e. The molecule has 0 atom stereocenters. The molecule has 2 N–H and O–H groups in total. The number of fused-ring (bicyclic) bond motifs is 2. The Hall–Kier alpha value is -2.88. The fourth-order valence-electron chi connectivity index (χ4n) is 2.61. The molecule has 0 aliphatic heterocycles. The number of benzene rings is 1. The Kier molecular flexibility index (Phi) is 2.44. The van der Waals surface area contributed by atoms with Gasteiger partial charge >= 0.3 is 0 Å². The van der Waals surface area contributed by atoms with Crippen molar-refractivity contribution in [3.63, 3.8) is 0 Å². The molecule has 4 heteroatoms.